The van der Waals surface area contributed by atoms with Crippen LogP contribution in [0.15, 0.2) is 42.5 Å². The molecule has 1 aliphatic heterocycles. The molecule has 0 saturated carbocycles. The summed E-state index contributed by atoms with van der Waals surface area (Å²) in [5.41, 5.74) is 0.877. The number of carbonyl (C=O) groups is 4. The first-order valence-electron chi connectivity index (χ1n) is 9.23. The van der Waals surface area contributed by atoms with Gasteiger partial charge >= 0.3 is 0 Å². The molecule has 8 heteroatoms. The first-order chi connectivity index (χ1) is 14.1. The highest BCUT2D eigenvalue weighted by atomic mass is 16.2. The Kier molecular flexibility index (Phi) is 5.39. The Balaban J connectivity index is 1.80. The molecular weight excluding hydrogens is 384 g/mol. The van der Waals surface area contributed by atoms with Crippen LogP contribution in [0.5, 0.6) is 0 Å². The van der Waals surface area contributed by atoms with Gasteiger partial charge in [0.1, 0.15) is 6.42 Å². The first-order valence-corrected chi connectivity index (χ1v) is 9.23. The Morgan fingerprint density at radius 3 is 2.23 bits per heavy atom. The van der Waals surface area contributed by atoms with Crippen LogP contribution in [-0.2, 0) is 4.79 Å². The lowest BCUT2D eigenvalue weighted by Crippen LogP contribution is -2.45. The van der Waals surface area contributed by atoms with Crippen LogP contribution in [0.2, 0.25) is 0 Å². The maximum Gasteiger partial charge on any atom is 0.262 e. The standard InChI is InChI=1S/C22H20N4O4/c1-22(2,3)26-20(29)16-8-7-13(11-17(16)21(26)30)19(28)25-15-6-4-5-14(12-15)24-18(27)9-10-23/h4-8,11-12H,9H2,1-3H3,(H,24,27)(H,25,28). The van der Waals surface area contributed by atoms with E-state index >= 15 is 0 Å². The summed E-state index contributed by atoms with van der Waals surface area (Å²) in [6, 6.07) is 12.6. The third kappa shape index (κ3) is 4.05. The minimum atomic E-state index is -0.675. The molecule has 0 fully saturated rings. The highest BCUT2D eigenvalue weighted by molar-refractivity contribution is 6.22. The van der Waals surface area contributed by atoms with E-state index in [4.69, 9.17) is 5.26 Å². The van der Waals surface area contributed by atoms with Gasteiger partial charge in [-0.15, -0.1) is 0 Å². The lowest BCUT2D eigenvalue weighted by atomic mass is 10.1. The molecule has 1 heterocycles. The number of hydrogen-bond acceptors (Lipinski definition) is 5. The van der Waals surface area contributed by atoms with Crippen molar-refractivity contribution in [3.8, 4) is 6.07 Å². The molecule has 3 rings (SSSR count). The number of benzene rings is 2. The van der Waals surface area contributed by atoms with Crippen LogP contribution in [-0.4, -0.2) is 34.1 Å². The molecule has 152 valence electrons. The molecule has 8 nitrogen and oxygen atoms in total. The van der Waals surface area contributed by atoms with E-state index in [1.165, 1.54) is 23.1 Å². The fraction of sp³-hybridized carbons (Fsp3) is 0.227. The van der Waals surface area contributed by atoms with Crippen molar-refractivity contribution in [2.75, 3.05) is 10.6 Å². The second-order valence-electron chi connectivity index (χ2n) is 7.79. The Hall–Kier alpha value is -3.99. The fourth-order valence-electron chi connectivity index (χ4n) is 3.15. The van der Waals surface area contributed by atoms with E-state index in [1.807, 2.05) is 0 Å². The zero-order valence-corrected chi connectivity index (χ0v) is 16.8. The Morgan fingerprint density at radius 1 is 0.967 bits per heavy atom. The van der Waals surface area contributed by atoms with E-state index in [2.05, 4.69) is 10.6 Å². The zero-order chi connectivity index (χ0) is 22.1. The summed E-state index contributed by atoms with van der Waals surface area (Å²) in [7, 11) is 0. The topological polar surface area (TPSA) is 119 Å². The van der Waals surface area contributed by atoms with Gasteiger partial charge in [0.15, 0.2) is 0 Å². The SMILES string of the molecule is CC(C)(C)N1C(=O)c2ccc(C(=O)Nc3cccc(NC(=O)CC#N)c3)cc2C1=O. The second kappa shape index (κ2) is 7.79. The molecule has 0 aromatic heterocycles. The molecule has 0 radical (unpaired) electrons. The van der Waals surface area contributed by atoms with Gasteiger partial charge in [0, 0.05) is 22.5 Å². The molecule has 0 unspecified atom stereocenters. The van der Waals surface area contributed by atoms with E-state index < -0.39 is 23.3 Å². The van der Waals surface area contributed by atoms with Gasteiger partial charge in [0.05, 0.1) is 17.2 Å². The van der Waals surface area contributed by atoms with Gasteiger partial charge < -0.3 is 10.6 Å². The van der Waals surface area contributed by atoms with Gasteiger partial charge in [-0.25, -0.2) is 0 Å². The predicted octanol–water partition coefficient (Wildman–Crippen LogP) is 3.19. The minimum Gasteiger partial charge on any atom is -0.325 e. The van der Waals surface area contributed by atoms with Crippen LogP contribution in [0.25, 0.3) is 0 Å². The molecular formula is C22H20N4O4. The van der Waals surface area contributed by atoms with Gasteiger partial charge in [-0.2, -0.15) is 5.26 Å². The van der Waals surface area contributed by atoms with Crippen molar-refractivity contribution in [3.63, 3.8) is 0 Å². The maximum atomic E-state index is 12.7. The first kappa shape index (κ1) is 20.7. The third-order valence-corrected chi connectivity index (χ3v) is 4.46. The van der Waals surface area contributed by atoms with Crippen LogP contribution in [0.1, 0.15) is 58.3 Å². The average Bonchev–Trinajstić information content (AvgIpc) is 2.92. The molecule has 30 heavy (non-hydrogen) atoms. The second-order valence-corrected chi connectivity index (χ2v) is 7.79. The Morgan fingerprint density at radius 2 is 1.60 bits per heavy atom. The molecule has 2 aromatic rings. The summed E-state index contributed by atoms with van der Waals surface area (Å²) < 4.78 is 0. The monoisotopic (exact) mass is 404 g/mol. The number of fused-ring (bicyclic) bond motifs is 1. The summed E-state index contributed by atoms with van der Waals surface area (Å²) in [6.07, 6.45) is -0.274. The normalized spacial score (nSPS) is 12.9. The van der Waals surface area contributed by atoms with Crippen molar-refractivity contribution >= 4 is 35.0 Å². The largest absolute Gasteiger partial charge is 0.325 e. The highest BCUT2D eigenvalue weighted by Crippen LogP contribution is 2.30. The predicted molar refractivity (Wildman–Crippen MR) is 110 cm³/mol. The number of rotatable bonds is 4. The third-order valence-electron chi connectivity index (χ3n) is 4.46. The number of hydrogen-bond donors (Lipinski definition) is 2. The van der Waals surface area contributed by atoms with E-state index in [9.17, 15) is 19.2 Å². The van der Waals surface area contributed by atoms with Crippen molar-refractivity contribution in [1.82, 2.24) is 4.90 Å². The van der Waals surface area contributed by atoms with Crippen molar-refractivity contribution < 1.29 is 19.2 Å². The van der Waals surface area contributed by atoms with Gasteiger partial charge in [-0.3, -0.25) is 24.1 Å². The quantitative estimate of drug-likeness (QED) is 0.759. The minimum absolute atomic E-state index is 0.195. The smallest absolute Gasteiger partial charge is 0.262 e. The molecule has 0 saturated heterocycles. The zero-order valence-electron chi connectivity index (χ0n) is 16.8. The number of imide groups is 1. The summed E-state index contributed by atoms with van der Waals surface area (Å²) >= 11 is 0. The summed E-state index contributed by atoms with van der Waals surface area (Å²) in [5, 5.41) is 13.8. The van der Waals surface area contributed by atoms with Crippen molar-refractivity contribution in [2.24, 2.45) is 0 Å². The molecule has 1 aliphatic rings. The van der Waals surface area contributed by atoms with Gasteiger partial charge in [-0.1, -0.05) is 6.07 Å². The van der Waals surface area contributed by atoms with Crippen molar-refractivity contribution in [2.45, 2.75) is 32.7 Å². The number of nitrogens with zero attached hydrogens (tertiary/aromatic N) is 2. The highest BCUT2D eigenvalue weighted by Gasteiger charge is 2.42. The maximum absolute atomic E-state index is 12.7. The van der Waals surface area contributed by atoms with Crippen molar-refractivity contribution in [1.29, 1.82) is 5.26 Å². The molecule has 2 N–H and O–H groups in total. The van der Waals surface area contributed by atoms with Crippen LogP contribution in [0.4, 0.5) is 11.4 Å². The molecule has 0 bridgehead atoms. The molecule has 4 amide bonds. The average molecular weight is 404 g/mol. The lowest BCUT2D eigenvalue weighted by Gasteiger charge is -2.29. The molecule has 2 aromatic carbocycles. The number of carbonyl (C=O) groups excluding carboxylic acids is 4. The van der Waals surface area contributed by atoms with Crippen LogP contribution in [0.3, 0.4) is 0 Å². The lowest BCUT2D eigenvalue weighted by molar-refractivity contribution is -0.115. The van der Waals surface area contributed by atoms with Crippen LogP contribution in [0, 0.1) is 11.3 Å². The molecule has 0 aliphatic carbocycles. The number of nitrogens with one attached hydrogen (secondary N) is 2. The summed E-state index contributed by atoms with van der Waals surface area (Å²) in [5.74, 6) is -1.73. The van der Waals surface area contributed by atoms with Gasteiger partial charge in [0.25, 0.3) is 17.7 Å². The molecule has 0 spiro atoms. The Bertz CT molecular complexity index is 1110. The summed E-state index contributed by atoms with van der Waals surface area (Å²) in [6.45, 7) is 5.31. The van der Waals surface area contributed by atoms with Crippen LogP contribution < -0.4 is 10.6 Å². The van der Waals surface area contributed by atoms with E-state index in [0.717, 1.165) is 0 Å². The van der Waals surface area contributed by atoms with Crippen molar-refractivity contribution in [3.05, 3.63) is 59.2 Å². The van der Waals surface area contributed by atoms with Gasteiger partial charge in [-0.05, 0) is 57.2 Å². The number of anilines is 2. The van der Waals surface area contributed by atoms with E-state index in [0.29, 0.717) is 11.4 Å². The van der Waals surface area contributed by atoms with Gasteiger partial charge in [0.2, 0.25) is 5.91 Å². The fourth-order valence-corrected chi connectivity index (χ4v) is 3.15. The van der Waals surface area contributed by atoms with E-state index in [-0.39, 0.29) is 29.0 Å². The Labute approximate surface area is 173 Å². The number of amides is 4. The van der Waals surface area contributed by atoms with E-state index in [1.54, 1.807) is 51.1 Å². The molecule has 0 atom stereocenters. The summed E-state index contributed by atoms with van der Waals surface area (Å²) in [4.78, 5) is 50.6. The number of nitriles is 1. The van der Waals surface area contributed by atoms with Crippen LogP contribution >= 0.6 is 0 Å².